The number of rotatable bonds is 5. The Kier molecular flexibility index (Phi) is 5.70. The van der Waals surface area contributed by atoms with Crippen molar-refractivity contribution < 1.29 is 19.1 Å². The van der Waals surface area contributed by atoms with Gasteiger partial charge in [-0.05, 0) is 41.1 Å². The number of carbonyl (C=O) groups is 2. The molecule has 23 heavy (non-hydrogen) atoms. The summed E-state index contributed by atoms with van der Waals surface area (Å²) in [6, 6.07) is 8.47. The van der Waals surface area contributed by atoms with E-state index in [9.17, 15) is 9.59 Å². The first-order chi connectivity index (χ1) is 11.0. The van der Waals surface area contributed by atoms with Crippen LogP contribution in [-0.4, -0.2) is 30.1 Å². The van der Waals surface area contributed by atoms with Gasteiger partial charge in [-0.1, -0.05) is 6.07 Å². The predicted octanol–water partition coefficient (Wildman–Crippen LogP) is 3.04. The van der Waals surface area contributed by atoms with Gasteiger partial charge < -0.3 is 14.8 Å². The second kappa shape index (κ2) is 7.73. The SMILES string of the molecule is COc1cccc(NC(=O)[C@@H](C)OC(=O)c2cncc(Br)c2)c1. The van der Waals surface area contributed by atoms with Gasteiger partial charge in [-0.15, -0.1) is 0 Å². The molecule has 1 amide bonds. The lowest BCUT2D eigenvalue weighted by atomic mass is 10.2. The molecule has 0 saturated carbocycles. The van der Waals surface area contributed by atoms with Crippen LogP contribution >= 0.6 is 15.9 Å². The minimum atomic E-state index is -0.951. The maximum Gasteiger partial charge on any atom is 0.340 e. The number of methoxy groups -OCH3 is 1. The molecule has 6 nitrogen and oxygen atoms in total. The smallest absolute Gasteiger partial charge is 0.340 e. The summed E-state index contributed by atoms with van der Waals surface area (Å²) >= 11 is 3.22. The van der Waals surface area contributed by atoms with E-state index >= 15 is 0 Å². The highest BCUT2D eigenvalue weighted by Crippen LogP contribution is 2.17. The lowest BCUT2D eigenvalue weighted by molar-refractivity contribution is -0.123. The Morgan fingerprint density at radius 2 is 2.04 bits per heavy atom. The van der Waals surface area contributed by atoms with Gasteiger partial charge in [0.25, 0.3) is 5.91 Å². The molecule has 1 N–H and O–H groups in total. The van der Waals surface area contributed by atoms with Gasteiger partial charge in [0, 0.05) is 28.6 Å². The van der Waals surface area contributed by atoms with Crippen LogP contribution in [0.4, 0.5) is 5.69 Å². The van der Waals surface area contributed by atoms with E-state index in [-0.39, 0.29) is 5.56 Å². The Bertz CT molecular complexity index is 721. The first-order valence-corrected chi connectivity index (χ1v) is 7.55. The van der Waals surface area contributed by atoms with Crippen molar-refractivity contribution in [1.29, 1.82) is 0 Å². The molecule has 120 valence electrons. The van der Waals surface area contributed by atoms with E-state index in [4.69, 9.17) is 9.47 Å². The largest absolute Gasteiger partial charge is 0.497 e. The molecule has 0 bridgehead atoms. The van der Waals surface area contributed by atoms with Gasteiger partial charge >= 0.3 is 5.97 Å². The topological polar surface area (TPSA) is 77.5 Å². The number of benzene rings is 1. The summed E-state index contributed by atoms with van der Waals surface area (Å²) in [4.78, 5) is 28.0. The van der Waals surface area contributed by atoms with Crippen molar-refractivity contribution in [2.45, 2.75) is 13.0 Å². The molecular weight excluding hydrogens is 364 g/mol. The zero-order chi connectivity index (χ0) is 16.8. The molecule has 1 atom stereocenters. The van der Waals surface area contributed by atoms with Crippen LogP contribution in [0.1, 0.15) is 17.3 Å². The van der Waals surface area contributed by atoms with Gasteiger partial charge in [0.05, 0.1) is 12.7 Å². The lowest BCUT2D eigenvalue weighted by Crippen LogP contribution is -2.30. The number of hydrogen-bond acceptors (Lipinski definition) is 5. The van der Waals surface area contributed by atoms with Crippen molar-refractivity contribution in [2.24, 2.45) is 0 Å². The van der Waals surface area contributed by atoms with E-state index in [0.717, 1.165) is 0 Å². The van der Waals surface area contributed by atoms with E-state index in [1.807, 2.05) is 0 Å². The van der Waals surface area contributed by atoms with E-state index in [1.54, 1.807) is 36.5 Å². The molecule has 0 aliphatic carbocycles. The number of ether oxygens (including phenoxy) is 2. The zero-order valence-electron chi connectivity index (χ0n) is 12.6. The van der Waals surface area contributed by atoms with E-state index in [0.29, 0.717) is 15.9 Å². The molecule has 0 radical (unpaired) electrons. The van der Waals surface area contributed by atoms with Crippen LogP contribution in [-0.2, 0) is 9.53 Å². The molecule has 1 heterocycles. The second-order valence-electron chi connectivity index (χ2n) is 4.66. The average molecular weight is 379 g/mol. The number of nitrogens with one attached hydrogen (secondary N) is 1. The highest BCUT2D eigenvalue weighted by Gasteiger charge is 2.19. The maximum absolute atomic E-state index is 12.1. The Morgan fingerprint density at radius 1 is 1.26 bits per heavy atom. The van der Waals surface area contributed by atoms with Gasteiger partial charge in [0.1, 0.15) is 5.75 Å². The Balaban J connectivity index is 1.98. The highest BCUT2D eigenvalue weighted by atomic mass is 79.9. The fraction of sp³-hybridized carbons (Fsp3) is 0.188. The molecule has 0 unspecified atom stereocenters. The van der Waals surface area contributed by atoms with Crippen LogP contribution in [0, 0.1) is 0 Å². The minimum Gasteiger partial charge on any atom is -0.497 e. The first-order valence-electron chi connectivity index (χ1n) is 6.76. The van der Waals surface area contributed by atoms with Crippen LogP contribution in [0.15, 0.2) is 47.2 Å². The molecule has 0 aliphatic rings. The van der Waals surface area contributed by atoms with Gasteiger partial charge in [-0.2, -0.15) is 0 Å². The zero-order valence-corrected chi connectivity index (χ0v) is 14.2. The number of carbonyl (C=O) groups excluding carboxylic acids is 2. The van der Waals surface area contributed by atoms with Crippen molar-refractivity contribution >= 4 is 33.5 Å². The number of halogens is 1. The molecule has 7 heteroatoms. The maximum atomic E-state index is 12.1. The van der Waals surface area contributed by atoms with Crippen LogP contribution in [0.5, 0.6) is 5.75 Å². The van der Waals surface area contributed by atoms with Gasteiger partial charge in [-0.3, -0.25) is 9.78 Å². The van der Waals surface area contributed by atoms with Crippen molar-refractivity contribution in [3.63, 3.8) is 0 Å². The number of hydrogen-bond donors (Lipinski definition) is 1. The van der Waals surface area contributed by atoms with E-state index in [2.05, 4.69) is 26.2 Å². The fourth-order valence-electron chi connectivity index (χ4n) is 1.75. The number of esters is 1. The summed E-state index contributed by atoms with van der Waals surface area (Å²) < 4.78 is 10.9. The summed E-state index contributed by atoms with van der Waals surface area (Å²) in [7, 11) is 1.54. The van der Waals surface area contributed by atoms with Crippen molar-refractivity contribution in [2.75, 3.05) is 12.4 Å². The summed E-state index contributed by atoms with van der Waals surface area (Å²) in [6.45, 7) is 1.50. The van der Waals surface area contributed by atoms with Crippen LogP contribution in [0.3, 0.4) is 0 Å². The van der Waals surface area contributed by atoms with Crippen molar-refractivity contribution in [1.82, 2.24) is 4.98 Å². The molecule has 0 aliphatic heterocycles. The minimum absolute atomic E-state index is 0.264. The quantitative estimate of drug-likeness (QED) is 0.809. The lowest BCUT2D eigenvalue weighted by Gasteiger charge is -2.14. The van der Waals surface area contributed by atoms with Crippen LogP contribution in [0.2, 0.25) is 0 Å². The van der Waals surface area contributed by atoms with E-state index in [1.165, 1.54) is 20.2 Å². The number of anilines is 1. The molecule has 2 aromatic rings. The average Bonchev–Trinajstić information content (AvgIpc) is 2.54. The third kappa shape index (κ3) is 4.79. The molecule has 0 saturated heterocycles. The van der Waals surface area contributed by atoms with Gasteiger partial charge in [0.2, 0.25) is 0 Å². The number of pyridine rings is 1. The van der Waals surface area contributed by atoms with Crippen LogP contribution in [0.25, 0.3) is 0 Å². The summed E-state index contributed by atoms with van der Waals surface area (Å²) in [5.74, 6) is -0.436. The van der Waals surface area contributed by atoms with Crippen molar-refractivity contribution in [3.05, 3.63) is 52.8 Å². The van der Waals surface area contributed by atoms with Gasteiger partial charge in [-0.25, -0.2) is 4.79 Å². The summed E-state index contributed by atoms with van der Waals surface area (Å²) in [6.07, 6.45) is 1.97. The third-order valence-corrected chi connectivity index (χ3v) is 3.36. The Hall–Kier alpha value is -2.41. The Labute approximate surface area is 142 Å². The van der Waals surface area contributed by atoms with Gasteiger partial charge in [0.15, 0.2) is 6.10 Å². The molecular formula is C16H15BrN2O4. The normalized spacial score (nSPS) is 11.4. The third-order valence-electron chi connectivity index (χ3n) is 2.93. The predicted molar refractivity (Wildman–Crippen MR) is 88.4 cm³/mol. The van der Waals surface area contributed by atoms with E-state index < -0.39 is 18.0 Å². The summed E-state index contributed by atoms with van der Waals surface area (Å²) in [5, 5.41) is 2.66. The highest BCUT2D eigenvalue weighted by molar-refractivity contribution is 9.10. The number of aromatic nitrogens is 1. The number of amides is 1. The van der Waals surface area contributed by atoms with Crippen LogP contribution < -0.4 is 10.1 Å². The molecule has 0 spiro atoms. The molecule has 1 aromatic heterocycles. The second-order valence-corrected chi connectivity index (χ2v) is 5.58. The van der Waals surface area contributed by atoms with Crippen molar-refractivity contribution in [3.8, 4) is 5.75 Å². The number of nitrogens with zero attached hydrogens (tertiary/aromatic N) is 1. The first kappa shape index (κ1) is 17.0. The summed E-state index contributed by atoms with van der Waals surface area (Å²) in [5.41, 5.74) is 0.821. The standard InChI is InChI=1S/C16H15BrN2O4/c1-10(23-16(21)11-6-12(17)9-18-8-11)15(20)19-13-4-3-5-14(7-13)22-2/h3-10H,1-2H3,(H,19,20)/t10-/m1/s1. The molecule has 2 rings (SSSR count). The molecule has 0 fully saturated rings. The fourth-order valence-corrected chi connectivity index (χ4v) is 2.12. The monoisotopic (exact) mass is 378 g/mol. The Morgan fingerprint density at radius 3 is 2.74 bits per heavy atom. The molecule has 1 aromatic carbocycles.